The summed E-state index contributed by atoms with van der Waals surface area (Å²) in [4.78, 5) is 36.4. The molecule has 1 unspecified atom stereocenters. The molecule has 15 heteroatoms. The molecule has 3 aliphatic heterocycles. The van der Waals surface area contributed by atoms with E-state index in [1.54, 1.807) is 53.6 Å². The van der Waals surface area contributed by atoms with Crippen LogP contribution in [0, 0.1) is 0 Å². The third-order valence-electron chi connectivity index (χ3n) is 8.25. The van der Waals surface area contributed by atoms with Crippen molar-refractivity contribution in [1.82, 2.24) is 40.1 Å². The standard InChI is InChI=1S/C31H38F2N8O4S/c1-20(2)46-22-4-5-26(45-31(32)33)23(16-22)28-25(36-30(43)24-17-35-41-9-3-8-34-29(24)41)18-40(37-28)19-27(42)39-10-6-21(7-11-39)38-12-14-44-15-13-38/h3-5,8-9,16-18,20-21,28,31,37H,6-7,10-15,19H2,1-2H3,(H,36,43). The van der Waals surface area contributed by atoms with Gasteiger partial charge in [-0.1, -0.05) is 13.8 Å². The molecular weight excluding hydrogens is 618 g/mol. The number of likely N-dealkylation sites (tertiary alicyclic amines) is 1. The molecule has 46 heavy (non-hydrogen) atoms. The van der Waals surface area contributed by atoms with Gasteiger partial charge in [0, 0.05) is 66.5 Å². The first kappa shape index (κ1) is 32.2. The van der Waals surface area contributed by atoms with Crippen LogP contribution >= 0.6 is 11.8 Å². The molecule has 2 saturated heterocycles. The Bertz CT molecular complexity index is 1570. The Kier molecular flexibility index (Phi) is 10.0. The van der Waals surface area contributed by atoms with Gasteiger partial charge in [-0.15, -0.1) is 11.8 Å². The van der Waals surface area contributed by atoms with Crippen LogP contribution in [0.4, 0.5) is 8.78 Å². The summed E-state index contributed by atoms with van der Waals surface area (Å²) < 4.78 is 38.9. The quantitative estimate of drug-likeness (QED) is 0.315. The summed E-state index contributed by atoms with van der Waals surface area (Å²) in [5.41, 5.74) is 4.63. The lowest BCUT2D eigenvalue weighted by molar-refractivity contribution is -0.134. The molecule has 6 rings (SSSR count). The van der Waals surface area contributed by atoms with E-state index in [1.165, 1.54) is 16.8 Å². The van der Waals surface area contributed by atoms with Gasteiger partial charge in [0.25, 0.3) is 5.91 Å². The Labute approximate surface area is 270 Å². The van der Waals surface area contributed by atoms with E-state index in [1.807, 2.05) is 18.7 Å². The maximum Gasteiger partial charge on any atom is 0.387 e. The van der Waals surface area contributed by atoms with Crippen LogP contribution in [0.1, 0.15) is 48.7 Å². The van der Waals surface area contributed by atoms with E-state index >= 15 is 0 Å². The molecular formula is C31H38F2N8O4S. The molecule has 12 nitrogen and oxygen atoms in total. The number of ether oxygens (including phenoxy) is 2. The highest BCUT2D eigenvalue weighted by molar-refractivity contribution is 7.99. The zero-order valence-corrected chi connectivity index (χ0v) is 26.6. The molecule has 0 aliphatic carbocycles. The molecule has 0 saturated carbocycles. The number of hydrazine groups is 1. The highest BCUT2D eigenvalue weighted by Crippen LogP contribution is 2.37. The van der Waals surface area contributed by atoms with Gasteiger partial charge in [-0.25, -0.2) is 14.9 Å². The molecule has 0 radical (unpaired) electrons. The first-order chi connectivity index (χ1) is 22.2. The summed E-state index contributed by atoms with van der Waals surface area (Å²) in [6.45, 7) is 5.61. The number of fused-ring (bicyclic) bond motifs is 1. The number of morpholine rings is 1. The van der Waals surface area contributed by atoms with Crippen molar-refractivity contribution < 1.29 is 27.8 Å². The maximum atomic E-state index is 13.5. The maximum absolute atomic E-state index is 13.5. The van der Waals surface area contributed by atoms with Crippen LogP contribution in [0.25, 0.3) is 5.65 Å². The largest absolute Gasteiger partial charge is 0.434 e. The lowest BCUT2D eigenvalue weighted by atomic mass is 10.0. The number of carbonyl (C=O) groups excluding carboxylic acids is 2. The molecule has 0 spiro atoms. The first-order valence-corrected chi connectivity index (χ1v) is 16.3. The predicted octanol–water partition coefficient (Wildman–Crippen LogP) is 3.29. The van der Waals surface area contributed by atoms with Crippen LogP contribution in [0.3, 0.4) is 0 Å². The predicted molar refractivity (Wildman–Crippen MR) is 167 cm³/mol. The summed E-state index contributed by atoms with van der Waals surface area (Å²) >= 11 is 1.57. The van der Waals surface area contributed by atoms with Crippen LogP contribution in [0.2, 0.25) is 0 Å². The van der Waals surface area contributed by atoms with Crippen molar-refractivity contribution in [3.63, 3.8) is 0 Å². The second kappa shape index (κ2) is 14.3. The van der Waals surface area contributed by atoms with Gasteiger partial charge in [-0.2, -0.15) is 13.9 Å². The third kappa shape index (κ3) is 7.43. The minimum Gasteiger partial charge on any atom is -0.434 e. The molecule has 1 aromatic carbocycles. The number of halogens is 2. The molecule has 2 amide bonds. The van der Waals surface area contributed by atoms with E-state index in [4.69, 9.17) is 9.47 Å². The number of thioether (sulfide) groups is 1. The summed E-state index contributed by atoms with van der Waals surface area (Å²) in [6.07, 6.45) is 8.08. The molecule has 3 aliphatic rings. The number of hydrogen-bond acceptors (Lipinski definition) is 10. The van der Waals surface area contributed by atoms with Crippen molar-refractivity contribution in [2.75, 3.05) is 45.9 Å². The topological polar surface area (TPSA) is 117 Å². The van der Waals surface area contributed by atoms with E-state index in [0.29, 0.717) is 36.0 Å². The van der Waals surface area contributed by atoms with Gasteiger partial charge in [0.15, 0.2) is 5.65 Å². The van der Waals surface area contributed by atoms with E-state index < -0.39 is 18.6 Å². The van der Waals surface area contributed by atoms with Crippen LogP contribution in [-0.4, -0.2) is 105 Å². The van der Waals surface area contributed by atoms with Crippen LogP contribution < -0.4 is 15.5 Å². The number of hydrogen-bond donors (Lipinski definition) is 2. The summed E-state index contributed by atoms with van der Waals surface area (Å²) in [6, 6.07) is 6.36. The van der Waals surface area contributed by atoms with Gasteiger partial charge < -0.3 is 24.7 Å². The van der Waals surface area contributed by atoms with Crippen LogP contribution in [0.5, 0.6) is 5.75 Å². The van der Waals surface area contributed by atoms with E-state index in [0.717, 1.165) is 44.0 Å². The molecule has 0 bridgehead atoms. The number of piperidine rings is 1. The molecule has 2 aromatic heterocycles. The van der Waals surface area contributed by atoms with E-state index in [9.17, 15) is 18.4 Å². The van der Waals surface area contributed by atoms with Crippen molar-refractivity contribution in [3.8, 4) is 5.75 Å². The van der Waals surface area contributed by atoms with Crippen molar-refractivity contribution in [3.05, 3.63) is 65.9 Å². The van der Waals surface area contributed by atoms with Crippen LogP contribution in [0.15, 0.2) is 59.6 Å². The smallest absolute Gasteiger partial charge is 0.387 e. The number of nitrogens with zero attached hydrogens (tertiary/aromatic N) is 6. The summed E-state index contributed by atoms with van der Waals surface area (Å²) in [5.74, 6) is -0.582. The Balaban J connectivity index is 1.23. The minimum absolute atomic E-state index is 0.0121. The number of amides is 2. The van der Waals surface area contributed by atoms with Gasteiger partial charge in [0.2, 0.25) is 5.91 Å². The fourth-order valence-electron chi connectivity index (χ4n) is 6.10. The summed E-state index contributed by atoms with van der Waals surface area (Å²) in [7, 11) is 0. The lowest BCUT2D eigenvalue weighted by Crippen LogP contribution is -2.51. The molecule has 3 aromatic rings. The first-order valence-electron chi connectivity index (χ1n) is 15.4. The van der Waals surface area contributed by atoms with Crippen molar-refractivity contribution in [1.29, 1.82) is 0 Å². The second-order valence-corrected chi connectivity index (χ2v) is 13.3. The molecule has 2 fully saturated rings. The molecule has 5 heterocycles. The highest BCUT2D eigenvalue weighted by atomic mass is 32.2. The normalized spacial score (nSPS) is 19.7. The Morgan fingerprint density at radius 2 is 1.96 bits per heavy atom. The fraction of sp³-hybridized carbons (Fsp3) is 0.484. The highest BCUT2D eigenvalue weighted by Gasteiger charge is 2.34. The average Bonchev–Trinajstić information content (AvgIpc) is 3.66. The zero-order valence-electron chi connectivity index (χ0n) is 25.8. The molecule has 246 valence electrons. The fourth-order valence-corrected chi connectivity index (χ4v) is 6.99. The molecule has 2 N–H and O–H groups in total. The number of alkyl halides is 2. The van der Waals surface area contributed by atoms with Gasteiger partial charge in [-0.05, 0) is 37.1 Å². The second-order valence-electron chi connectivity index (χ2n) is 11.7. The summed E-state index contributed by atoms with van der Waals surface area (Å²) in [5, 5.41) is 8.96. The van der Waals surface area contributed by atoms with Crippen LogP contribution in [-0.2, 0) is 9.53 Å². The molecule has 1 atom stereocenters. The SMILES string of the molecule is CC(C)Sc1ccc(OC(F)F)c(C2NN(CC(=O)N3CCC(N4CCOCC4)CC3)C=C2NC(=O)c2cnn3cccnc23)c1. The Morgan fingerprint density at radius 3 is 2.70 bits per heavy atom. The minimum atomic E-state index is -3.05. The number of benzene rings is 1. The van der Waals surface area contributed by atoms with E-state index in [-0.39, 0.29) is 29.0 Å². The van der Waals surface area contributed by atoms with Crippen molar-refractivity contribution >= 4 is 29.2 Å². The Morgan fingerprint density at radius 1 is 1.17 bits per heavy atom. The number of nitrogens with one attached hydrogen (secondary N) is 2. The third-order valence-corrected chi connectivity index (χ3v) is 9.25. The van der Waals surface area contributed by atoms with Crippen molar-refractivity contribution in [2.45, 2.75) is 55.5 Å². The number of rotatable bonds is 10. The monoisotopic (exact) mass is 656 g/mol. The zero-order chi connectivity index (χ0) is 32.2. The van der Waals surface area contributed by atoms with Gasteiger partial charge in [-0.3, -0.25) is 14.5 Å². The average molecular weight is 657 g/mol. The van der Waals surface area contributed by atoms with Gasteiger partial charge >= 0.3 is 6.61 Å². The number of aromatic nitrogens is 3. The lowest BCUT2D eigenvalue weighted by Gasteiger charge is -2.40. The van der Waals surface area contributed by atoms with E-state index in [2.05, 4.69) is 25.7 Å². The van der Waals surface area contributed by atoms with Gasteiger partial charge in [0.1, 0.15) is 17.9 Å². The number of carbonyl (C=O) groups is 2. The van der Waals surface area contributed by atoms with Crippen molar-refractivity contribution in [2.24, 2.45) is 0 Å². The Hall–Kier alpha value is -3.79. The van der Waals surface area contributed by atoms with Gasteiger partial charge in [0.05, 0.1) is 31.1 Å².